The average Bonchev–Trinajstić information content (AvgIpc) is 3.13. The highest BCUT2D eigenvalue weighted by molar-refractivity contribution is 5.82. The van der Waals surface area contributed by atoms with Gasteiger partial charge in [-0.15, -0.1) is 0 Å². The van der Waals surface area contributed by atoms with Crippen molar-refractivity contribution in [1.82, 2.24) is 15.3 Å². The molecule has 1 aliphatic carbocycles. The second kappa shape index (κ2) is 6.32. The van der Waals surface area contributed by atoms with Crippen molar-refractivity contribution in [2.75, 3.05) is 18.0 Å². The van der Waals surface area contributed by atoms with Crippen molar-refractivity contribution in [3.8, 4) is 0 Å². The molecule has 0 radical (unpaired) electrons. The molecule has 0 unspecified atom stereocenters. The van der Waals surface area contributed by atoms with Gasteiger partial charge in [0.15, 0.2) is 0 Å². The van der Waals surface area contributed by atoms with Crippen molar-refractivity contribution in [2.24, 2.45) is 11.3 Å². The molecule has 1 aliphatic heterocycles. The van der Waals surface area contributed by atoms with Crippen molar-refractivity contribution in [2.45, 2.75) is 46.6 Å². The lowest BCUT2D eigenvalue weighted by Gasteiger charge is -2.26. The van der Waals surface area contributed by atoms with Gasteiger partial charge in [0.1, 0.15) is 0 Å². The zero-order valence-corrected chi connectivity index (χ0v) is 16.8. The summed E-state index contributed by atoms with van der Waals surface area (Å²) in [5.74, 6) is 1.65. The van der Waals surface area contributed by atoms with Gasteiger partial charge in [0, 0.05) is 41.7 Å². The average molecular weight is 364 g/mol. The van der Waals surface area contributed by atoms with E-state index in [4.69, 9.17) is 0 Å². The van der Waals surface area contributed by atoms with E-state index in [0.717, 1.165) is 30.4 Å². The van der Waals surface area contributed by atoms with Crippen LogP contribution in [0.3, 0.4) is 0 Å². The highest BCUT2D eigenvalue weighted by atomic mass is 16.2. The Balaban J connectivity index is 1.65. The van der Waals surface area contributed by atoms with Gasteiger partial charge in [-0.1, -0.05) is 45.0 Å². The summed E-state index contributed by atoms with van der Waals surface area (Å²) in [6.07, 6.45) is 0. The van der Waals surface area contributed by atoms with Gasteiger partial charge >= 0.3 is 0 Å². The number of nitrogens with one attached hydrogen (secondary N) is 1. The summed E-state index contributed by atoms with van der Waals surface area (Å²) in [6, 6.07) is 10.6. The maximum Gasteiger partial charge on any atom is 0.225 e. The van der Waals surface area contributed by atoms with Crippen LogP contribution in [-0.4, -0.2) is 29.0 Å². The fourth-order valence-electron chi connectivity index (χ4n) is 4.41. The molecule has 2 aliphatic rings. The number of benzene rings is 1. The van der Waals surface area contributed by atoms with E-state index in [1.165, 1.54) is 11.1 Å². The zero-order chi connectivity index (χ0) is 19.3. The van der Waals surface area contributed by atoms with Gasteiger partial charge in [-0.3, -0.25) is 4.79 Å². The predicted molar refractivity (Wildman–Crippen MR) is 107 cm³/mol. The zero-order valence-electron chi connectivity index (χ0n) is 16.8. The van der Waals surface area contributed by atoms with Gasteiger partial charge in [0.25, 0.3) is 0 Å². The van der Waals surface area contributed by atoms with E-state index in [1.807, 2.05) is 40.7 Å². The predicted octanol–water partition coefficient (Wildman–Crippen LogP) is 3.53. The Morgan fingerprint density at radius 1 is 1.07 bits per heavy atom. The van der Waals surface area contributed by atoms with E-state index in [-0.39, 0.29) is 11.9 Å². The molecule has 4 rings (SSSR count). The molecular weight excluding hydrogens is 336 g/mol. The fourth-order valence-corrected chi connectivity index (χ4v) is 4.41. The molecular formula is C22H28N4O. The summed E-state index contributed by atoms with van der Waals surface area (Å²) in [6.45, 7) is 11.7. The standard InChI is InChI=1S/C22H28N4O/c1-13-10-14(2)24-21(23-13)26-11-17-15-8-6-7-9-16(15)19(18(17)12-26)25-20(27)22(3,4)5/h6-10,17-19H,11-12H2,1-5H3,(H,25,27)/t17-,18-,19+/m0/s1. The van der Waals surface area contributed by atoms with Crippen molar-refractivity contribution < 1.29 is 4.79 Å². The van der Waals surface area contributed by atoms with Crippen LogP contribution in [0.25, 0.3) is 0 Å². The van der Waals surface area contributed by atoms with Crippen LogP contribution < -0.4 is 10.2 Å². The van der Waals surface area contributed by atoms with Crippen LogP contribution in [0.1, 0.15) is 55.2 Å². The Morgan fingerprint density at radius 2 is 1.70 bits per heavy atom. The second-order valence-electron chi connectivity index (χ2n) is 8.96. The lowest BCUT2D eigenvalue weighted by molar-refractivity contribution is -0.129. The number of hydrogen-bond acceptors (Lipinski definition) is 4. The van der Waals surface area contributed by atoms with E-state index in [9.17, 15) is 4.79 Å². The van der Waals surface area contributed by atoms with Crippen molar-refractivity contribution in [3.63, 3.8) is 0 Å². The summed E-state index contributed by atoms with van der Waals surface area (Å²) in [5.41, 5.74) is 4.21. The third kappa shape index (κ3) is 3.20. The summed E-state index contributed by atoms with van der Waals surface area (Å²) in [4.78, 5) is 24.3. The molecule has 1 aromatic heterocycles. The summed E-state index contributed by atoms with van der Waals surface area (Å²) >= 11 is 0. The quantitative estimate of drug-likeness (QED) is 0.886. The molecule has 1 aromatic carbocycles. The number of amides is 1. The molecule has 0 spiro atoms. The third-order valence-electron chi connectivity index (χ3n) is 5.74. The Kier molecular flexibility index (Phi) is 4.21. The Hall–Kier alpha value is -2.43. The molecule has 3 atom stereocenters. The molecule has 1 N–H and O–H groups in total. The Labute approximate surface area is 161 Å². The van der Waals surface area contributed by atoms with Crippen LogP contribution in [0, 0.1) is 25.2 Å². The van der Waals surface area contributed by atoms with E-state index >= 15 is 0 Å². The lowest BCUT2D eigenvalue weighted by Crippen LogP contribution is -2.40. The summed E-state index contributed by atoms with van der Waals surface area (Å²) < 4.78 is 0. The SMILES string of the molecule is Cc1cc(C)nc(N2C[C@@H]3[C@H](NC(=O)C(C)(C)C)c4ccccc4[C@@H]3C2)n1. The molecule has 2 heterocycles. The molecule has 5 heteroatoms. The monoisotopic (exact) mass is 364 g/mol. The molecule has 142 valence electrons. The van der Waals surface area contributed by atoms with Crippen LogP contribution in [0.4, 0.5) is 5.95 Å². The van der Waals surface area contributed by atoms with Crippen LogP contribution in [0.5, 0.6) is 0 Å². The fraction of sp³-hybridized carbons (Fsp3) is 0.500. The first-order chi connectivity index (χ1) is 12.7. The minimum absolute atomic E-state index is 0.0498. The molecule has 1 saturated heterocycles. The highest BCUT2D eigenvalue weighted by Gasteiger charge is 2.47. The maximum absolute atomic E-state index is 12.7. The normalized spacial score (nSPS) is 23.9. The molecule has 1 amide bonds. The lowest BCUT2D eigenvalue weighted by atomic mass is 9.91. The second-order valence-corrected chi connectivity index (χ2v) is 8.96. The number of anilines is 1. The van der Waals surface area contributed by atoms with E-state index < -0.39 is 5.41 Å². The topological polar surface area (TPSA) is 58.1 Å². The first-order valence-corrected chi connectivity index (χ1v) is 9.71. The van der Waals surface area contributed by atoms with Gasteiger partial charge in [0.2, 0.25) is 11.9 Å². The number of fused-ring (bicyclic) bond motifs is 3. The van der Waals surface area contributed by atoms with E-state index in [2.05, 4.69) is 44.5 Å². The van der Waals surface area contributed by atoms with Gasteiger partial charge < -0.3 is 10.2 Å². The minimum atomic E-state index is -0.401. The van der Waals surface area contributed by atoms with Crippen molar-refractivity contribution in [1.29, 1.82) is 0 Å². The number of aromatic nitrogens is 2. The van der Waals surface area contributed by atoms with Gasteiger partial charge in [-0.2, -0.15) is 0 Å². The van der Waals surface area contributed by atoms with E-state index in [0.29, 0.717) is 11.8 Å². The van der Waals surface area contributed by atoms with Gasteiger partial charge in [0.05, 0.1) is 6.04 Å². The minimum Gasteiger partial charge on any atom is -0.348 e. The third-order valence-corrected chi connectivity index (χ3v) is 5.74. The molecule has 0 bridgehead atoms. The summed E-state index contributed by atoms with van der Waals surface area (Å²) in [5, 5.41) is 3.33. The molecule has 1 fully saturated rings. The van der Waals surface area contributed by atoms with Gasteiger partial charge in [-0.25, -0.2) is 9.97 Å². The number of carbonyl (C=O) groups is 1. The van der Waals surface area contributed by atoms with Crippen LogP contribution in [0.15, 0.2) is 30.3 Å². The number of hydrogen-bond donors (Lipinski definition) is 1. The summed E-state index contributed by atoms with van der Waals surface area (Å²) in [7, 11) is 0. The maximum atomic E-state index is 12.7. The van der Waals surface area contributed by atoms with Crippen LogP contribution in [0.2, 0.25) is 0 Å². The molecule has 5 nitrogen and oxygen atoms in total. The first-order valence-electron chi connectivity index (χ1n) is 9.71. The highest BCUT2D eigenvalue weighted by Crippen LogP contribution is 2.49. The van der Waals surface area contributed by atoms with Crippen molar-refractivity contribution >= 4 is 11.9 Å². The number of aryl methyl sites for hydroxylation is 2. The van der Waals surface area contributed by atoms with Crippen LogP contribution in [-0.2, 0) is 4.79 Å². The number of nitrogens with zero attached hydrogens (tertiary/aromatic N) is 3. The van der Waals surface area contributed by atoms with Crippen LogP contribution >= 0.6 is 0 Å². The van der Waals surface area contributed by atoms with Crippen molar-refractivity contribution in [3.05, 3.63) is 52.8 Å². The van der Waals surface area contributed by atoms with Gasteiger partial charge in [-0.05, 0) is 31.0 Å². The molecule has 27 heavy (non-hydrogen) atoms. The number of carbonyl (C=O) groups excluding carboxylic acids is 1. The molecule has 2 aromatic rings. The van der Waals surface area contributed by atoms with E-state index in [1.54, 1.807) is 0 Å². The Morgan fingerprint density at radius 3 is 2.33 bits per heavy atom. The Bertz CT molecular complexity index is 866. The largest absolute Gasteiger partial charge is 0.348 e. The molecule has 0 saturated carbocycles. The smallest absolute Gasteiger partial charge is 0.225 e. The number of rotatable bonds is 2. The first kappa shape index (κ1) is 18.0.